The number of halogens is 4. The Kier molecular flexibility index (Phi) is 6.06. The normalized spacial score (nSPS) is 16.7. The Morgan fingerprint density at radius 2 is 1.46 bits per heavy atom. The summed E-state index contributed by atoms with van der Waals surface area (Å²) in [7, 11) is 2.74. The topological polar surface area (TPSA) is 73.0 Å². The number of hydrogen-bond acceptors (Lipinski definition) is 4. The highest BCUT2D eigenvalue weighted by Gasteiger charge is 2.41. The summed E-state index contributed by atoms with van der Waals surface area (Å²) in [5.74, 6) is -2.23. The number of amides is 2. The Morgan fingerprint density at radius 3 is 1.91 bits per heavy atom. The van der Waals surface area contributed by atoms with Gasteiger partial charge in [-0.1, -0.05) is 32.9 Å². The van der Waals surface area contributed by atoms with E-state index in [9.17, 15) is 27.2 Å². The van der Waals surface area contributed by atoms with Crippen molar-refractivity contribution in [2.45, 2.75) is 51.4 Å². The van der Waals surface area contributed by atoms with Gasteiger partial charge in [-0.15, -0.1) is 0 Å². The number of carbonyl (C=O) groups is 2. The number of benzene rings is 1. The number of rotatable bonds is 5. The van der Waals surface area contributed by atoms with E-state index in [1.54, 1.807) is 6.07 Å². The molecule has 1 atom stereocenters. The molecule has 0 radical (unpaired) electrons. The summed E-state index contributed by atoms with van der Waals surface area (Å²) in [6.07, 6.45) is -3.25. The van der Waals surface area contributed by atoms with E-state index in [-0.39, 0.29) is 17.0 Å². The molecule has 1 aliphatic carbocycles. The molecule has 7 nitrogen and oxygen atoms in total. The lowest BCUT2D eigenvalue weighted by atomic mass is 9.86. The third-order valence-corrected chi connectivity index (χ3v) is 6.36. The van der Waals surface area contributed by atoms with Crippen LogP contribution in [0.3, 0.4) is 0 Å². The van der Waals surface area contributed by atoms with Gasteiger partial charge in [0.1, 0.15) is 11.4 Å². The first-order chi connectivity index (χ1) is 16.3. The molecule has 2 amide bonds. The van der Waals surface area contributed by atoms with Crippen LogP contribution in [0.2, 0.25) is 0 Å². The van der Waals surface area contributed by atoms with Crippen molar-refractivity contribution >= 4 is 17.5 Å². The summed E-state index contributed by atoms with van der Waals surface area (Å²) in [6, 6.07) is 5.08. The van der Waals surface area contributed by atoms with E-state index in [0.717, 1.165) is 33.7 Å². The van der Waals surface area contributed by atoms with E-state index >= 15 is 0 Å². The smallest absolute Gasteiger partial charge is 0.275 e. The molecule has 0 spiro atoms. The Balaban J connectivity index is 1.97. The lowest BCUT2D eigenvalue weighted by molar-refractivity contribution is 0.0881. The lowest BCUT2D eigenvalue weighted by Crippen LogP contribution is -2.38. The molecule has 1 aliphatic rings. The van der Waals surface area contributed by atoms with E-state index in [2.05, 4.69) is 10.2 Å². The average Bonchev–Trinajstić information content (AvgIpc) is 3.42. The highest BCUT2D eigenvalue weighted by atomic mass is 19.3. The molecular formula is C24H25F4N5O2. The minimum atomic E-state index is -3.08. The predicted octanol–water partition coefficient (Wildman–Crippen LogP) is 5.30. The van der Waals surface area contributed by atoms with Crippen LogP contribution in [0.15, 0.2) is 30.6 Å². The fourth-order valence-corrected chi connectivity index (χ4v) is 5.05. The SMILES string of the molecule is C[C@@H]1CC(C)(C)c2cccc(N(C(=O)c3cn(C)nc3C(F)F)C(=O)c3cn(C)nc3C(F)F)c21. The van der Waals surface area contributed by atoms with Gasteiger partial charge in [-0.2, -0.15) is 10.2 Å². The third kappa shape index (κ3) is 4.12. The van der Waals surface area contributed by atoms with Crippen LogP contribution >= 0.6 is 0 Å². The van der Waals surface area contributed by atoms with Crippen molar-refractivity contribution < 1.29 is 27.2 Å². The first-order valence-corrected chi connectivity index (χ1v) is 11.0. The maximum atomic E-state index is 13.8. The van der Waals surface area contributed by atoms with Gasteiger partial charge in [-0.25, -0.2) is 22.5 Å². The number of aryl methyl sites for hydroxylation is 2. The summed E-state index contributed by atoms with van der Waals surface area (Å²) in [5.41, 5.74) is -1.07. The number of nitrogens with zero attached hydrogens (tertiary/aromatic N) is 5. The molecule has 186 valence electrons. The summed E-state index contributed by atoms with van der Waals surface area (Å²) < 4.78 is 56.9. The number of fused-ring (bicyclic) bond motifs is 1. The van der Waals surface area contributed by atoms with Gasteiger partial charge < -0.3 is 0 Å². The van der Waals surface area contributed by atoms with Crippen LogP contribution in [0, 0.1) is 0 Å². The first-order valence-electron chi connectivity index (χ1n) is 11.0. The second-order valence-corrected chi connectivity index (χ2v) is 9.48. The summed E-state index contributed by atoms with van der Waals surface area (Å²) in [6.45, 7) is 5.99. The molecule has 0 aliphatic heterocycles. The molecule has 1 aromatic carbocycles. The summed E-state index contributed by atoms with van der Waals surface area (Å²) in [5, 5.41) is 7.34. The molecule has 0 N–H and O–H groups in total. The van der Waals surface area contributed by atoms with Crippen molar-refractivity contribution in [2.24, 2.45) is 14.1 Å². The molecule has 11 heteroatoms. The van der Waals surface area contributed by atoms with Crippen LogP contribution in [0.4, 0.5) is 23.2 Å². The third-order valence-electron chi connectivity index (χ3n) is 6.36. The molecule has 35 heavy (non-hydrogen) atoms. The van der Waals surface area contributed by atoms with Crippen molar-refractivity contribution in [1.29, 1.82) is 0 Å². The highest BCUT2D eigenvalue weighted by Crippen LogP contribution is 2.49. The predicted molar refractivity (Wildman–Crippen MR) is 120 cm³/mol. The largest absolute Gasteiger partial charge is 0.282 e. The molecule has 2 heterocycles. The standard InChI is InChI=1S/C24H25F4N5O2/c1-12-9-24(2,3)15-7-6-8-16(17(12)15)33(22(34)13-10-31(4)29-18(13)20(25)26)23(35)14-11-32(5)30-19(14)21(27)28/h6-8,10-12,20-21H,9H2,1-5H3/t12-/m1/s1. The van der Waals surface area contributed by atoms with Crippen molar-refractivity contribution in [3.8, 4) is 0 Å². The van der Waals surface area contributed by atoms with Gasteiger partial charge in [0.05, 0.1) is 16.8 Å². The second-order valence-electron chi connectivity index (χ2n) is 9.48. The zero-order chi connectivity index (χ0) is 25.8. The van der Waals surface area contributed by atoms with Gasteiger partial charge in [0.25, 0.3) is 24.7 Å². The van der Waals surface area contributed by atoms with Crippen LogP contribution in [0.1, 0.15) is 89.2 Å². The van der Waals surface area contributed by atoms with Gasteiger partial charge in [-0.05, 0) is 34.9 Å². The molecule has 0 unspecified atom stereocenters. The number of aromatic nitrogens is 4. The van der Waals surface area contributed by atoms with Crippen LogP contribution in [0.25, 0.3) is 0 Å². The summed E-state index contributed by atoms with van der Waals surface area (Å²) >= 11 is 0. The zero-order valence-corrected chi connectivity index (χ0v) is 19.9. The Hall–Kier alpha value is -3.50. The van der Waals surface area contributed by atoms with Crippen molar-refractivity contribution in [1.82, 2.24) is 19.6 Å². The van der Waals surface area contributed by atoms with E-state index < -0.39 is 47.2 Å². The molecule has 0 bridgehead atoms. The van der Waals surface area contributed by atoms with Gasteiger partial charge in [-0.3, -0.25) is 19.0 Å². The molecule has 0 fully saturated rings. The average molecular weight is 491 g/mol. The minimum absolute atomic E-state index is 0.0776. The fourth-order valence-electron chi connectivity index (χ4n) is 5.05. The highest BCUT2D eigenvalue weighted by molar-refractivity contribution is 6.26. The van der Waals surface area contributed by atoms with Crippen LogP contribution < -0.4 is 4.90 Å². The maximum absolute atomic E-state index is 13.8. The number of imide groups is 1. The Labute approximate surface area is 199 Å². The van der Waals surface area contributed by atoms with Crippen molar-refractivity contribution in [3.63, 3.8) is 0 Å². The maximum Gasteiger partial charge on any atom is 0.282 e. The molecule has 2 aromatic heterocycles. The summed E-state index contributed by atoms with van der Waals surface area (Å²) in [4.78, 5) is 28.2. The van der Waals surface area contributed by atoms with E-state index in [1.165, 1.54) is 20.2 Å². The number of carbonyl (C=O) groups excluding carboxylic acids is 2. The van der Waals surface area contributed by atoms with E-state index in [0.29, 0.717) is 10.5 Å². The second kappa shape index (κ2) is 8.62. The zero-order valence-electron chi connectivity index (χ0n) is 19.9. The fraction of sp³-hybridized carbons (Fsp3) is 0.417. The Morgan fingerprint density at radius 1 is 0.971 bits per heavy atom. The lowest BCUT2D eigenvalue weighted by Gasteiger charge is -2.25. The monoisotopic (exact) mass is 491 g/mol. The molecular weight excluding hydrogens is 466 g/mol. The number of hydrogen-bond donors (Lipinski definition) is 0. The first kappa shape index (κ1) is 24.6. The minimum Gasteiger partial charge on any atom is -0.275 e. The van der Waals surface area contributed by atoms with E-state index in [4.69, 9.17) is 0 Å². The van der Waals surface area contributed by atoms with Crippen LogP contribution in [-0.4, -0.2) is 31.4 Å². The number of alkyl halides is 4. The molecule has 0 saturated carbocycles. The molecule has 0 saturated heterocycles. The van der Waals surface area contributed by atoms with Gasteiger partial charge >= 0.3 is 0 Å². The van der Waals surface area contributed by atoms with Gasteiger partial charge in [0.2, 0.25) is 0 Å². The van der Waals surface area contributed by atoms with Crippen LogP contribution in [-0.2, 0) is 19.5 Å². The van der Waals surface area contributed by atoms with Crippen LogP contribution in [0.5, 0.6) is 0 Å². The number of anilines is 1. The molecule has 4 rings (SSSR count). The Bertz CT molecular complexity index is 1250. The van der Waals surface area contributed by atoms with E-state index in [1.807, 2.05) is 26.8 Å². The van der Waals surface area contributed by atoms with Gasteiger partial charge in [0.15, 0.2) is 0 Å². The van der Waals surface area contributed by atoms with Crippen molar-refractivity contribution in [2.75, 3.05) is 4.90 Å². The van der Waals surface area contributed by atoms with Crippen molar-refractivity contribution in [3.05, 3.63) is 64.2 Å². The molecule has 3 aromatic rings. The quantitative estimate of drug-likeness (QED) is 0.359. The van der Waals surface area contributed by atoms with Gasteiger partial charge in [0, 0.05) is 26.5 Å².